The zero-order chi connectivity index (χ0) is 13.8. The lowest BCUT2D eigenvalue weighted by Crippen LogP contribution is -2.41. The van der Waals surface area contributed by atoms with Gasteiger partial charge in [-0.05, 0) is 37.1 Å². The minimum Gasteiger partial charge on any atom is -0.478 e. The van der Waals surface area contributed by atoms with Crippen LogP contribution in [0.4, 0.5) is 0 Å². The van der Waals surface area contributed by atoms with E-state index < -0.39 is 11.9 Å². The van der Waals surface area contributed by atoms with Crippen LogP contribution in [0.3, 0.4) is 0 Å². The second-order valence-electron chi connectivity index (χ2n) is 4.61. The second kappa shape index (κ2) is 5.81. The Morgan fingerprint density at radius 3 is 2.89 bits per heavy atom. The number of carboxylic acids is 1. The maximum Gasteiger partial charge on any atom is 0.335 e. The Balaban J connectivity index is 2.10. The highest BCUT2D eigenvalue weighted by molar-refractivity contribution is 5.87. The fraction of sp³-hybridized carbons (Fsp3) is 0.385. The minimum absolute atomic E-state index is 0.236. The summed E-state index contributed by atoms with van der Waals surface area (Å²) < 4.78 is 0. The molecule has 0 bridgehead atoms. The molecule has 1 aliphatic heterocycles. The topological polar surface area (TPSA) is 89.9 Å². The van der Waals surface area contributed by atoms with E-state index in [1.165, 1.54) is 6.07 Å². The fourth-order valence-electron chi connectivity index (χ4n) is 2.42. The van der Waals surface area contributed by atoms with Crippen LogP contribution in [0.2, 0.25) is 0 Å². The smallest absolute Gasteiger partial charge is 0.335 e. The van der Waals surface area contributed by atoms with Gasteiger partial charge >= 0.3 is 5.97 Å². The fourth-order valence-corrected chi connectivity index (χ4v) is 2.42. The van der Waals surface area contributed by atoms with Gasteiger partial charge in [-0.15, -0.1) is 0 Å². The summed E-state index contributed by atoms with van der Waals surface area (Å²) in [5, 5.41) is 17.6. The summed E-state index contributed by atoms with van der Waals surface area (Å²) in [5.41, 5.74) is 2.76. The monoisotopic (exact) mass is 264 g/mol. The average Bonchev–Trinajstić information content (AvgIpc) is 2.86. The third kappa shape index (κ3) is 3.10. The molecule has 1 atom stereocenters. The van der Waals surface area contributed by atoms with Crippen molar-refractivity contribution in [1.82, 2.24) is 10.4 Å². The van der Waals surface area contributed by atoms with Crippen molar-refractivity contribution in [3.63, 3.8) is 0 Å². The third-order valence-electron chi connectivity index (χ3n) is 3.34. The number of likely N-dealkylation sites (tertiary alicyclic amines) is 1. The van der Waals surface area contributed by atoms with Crippen molar-refractivity contribution in [3.8, 4) is 0 Å². The van der Waals surface area contributed by atoms with Crippen molar-refractivity contribution in [2.24, 2.45) is 0 Å². The molecule has 0 saturated carbocycles. The summed E-state index contributed by atoms with van der Waals surface area (Å²) in [6, 6.07) is 6.32. The molecule has 0 unspecified atom stereocenters. The van der Waals surface area contributed by atoms with Gasteiger partial charge in [-0.2, -0.15) is 0 Å². The molecule has 0 aliphatic carbocycles. The number of aromatic carboxylic acids is 1. The number of carbonyl (C=O) groups excluding carboxylic acids is 1. The second-order valence-corrected chi connectivity index (χ2v) is 4.61. The van der Waals surface area contributed by atoms with E-state index in [0.29, 0.717) is 13.0 Å². The Morgan fingerprint density at radius 1 is 1.42 bits per heavy atom. The first kappa shape index (κ1) is 13.5. The van der Waals surface area contributed by atoms with Gasteiger partial charge in [-0.3, -0.25) is 14.9 Å². The van der Waals surface area contributed by atoms with E-state index >= 15 is 0 Å². The molecule has 0 spiro atoms. The van der Waals surface area contributed by atoms with E-state index in [1.807, 2.05) is 11.0 Å². The lowest BCUT2D eigenvalue weighted by Gasteiger charge is -2.22. The van der Waals surface area contributed by atoms with Crippen molar-refractivity contribution < 1.29 is 19.9 Å². The number of hydroxylamine groups is 1. The Bertz CT molecular complexity index is 489. The van der Waals surface area contributed by atoms with E-state index in [0.717, 1.165) is 18.5 Å². The quantitative estimate of drug-likeness (QED) is 0.554. The maximum atomic E-state index is 11.5. The molecule has 102 valence electrons. The van der Waals surface area contributed by atoms with Crippen molar-refractivity contribution in [1.29, 1.82) is 0 Å². The van der Waals surface area contributed by atoms with Crippen molar-refractivity contribution in [3.05, 3.63) is 35.4 Å². The number of hydrogen-bond acceptors (Lipinski definition) is 4. The predicted octanol–water partition coefficient (Wildman–Crippen LogP) is 0.855. The molecule has 1 aromatic rings. The molecule has 0 aromatic heterocycles. The zero-order valence-corrected chi connectivity index (χ0v) is 10.4. The number of nitrogens with one attached hydrogen (secondary N) is 1. The van der Waals surface area contributed by atoms with E-state index in [4.69, 9.17) is 10.3 Å². The molecule has 1 aliphatic rings. The average molecular weight is 264 g/mol. The zero-order valence-electron chi connectivity index (χ0n) is 10.4. The van der Waals surface area contributed by atoms with E-state index in [9.17, 15) is 9.59 Å². The highest BCUT2D eigenvalue weighted by Gasteiger charge is 2.30. The summed E-state index contributed by atoms with van der Waals surface area (Å²) in [7, 11) is 0. The van der Waals surface area contributed by atoms with Crippen LogP contribution >= 0.6 is 0 Å². The summed E-state index contributed by atoms with van der Waals surface area (Å²) in [4.78, 5) is 24.3. The molecular weight excluding hydrogens is 248 g/mol. The van der Waals surface area contributed by atoms with Gasteiger partial charge < -0.3 is 5.11 Å². The largest absolute Gasteiger partial charge is 0.478 e. The summed E-state index contributed by atoms with van der Waals surface area (Å²) >= 11 is 0. The van der Waals surface area contributed by atoms with E-state index in [-0.39, 0.29) is 11.6 Å². The minimum atomic E-state index is -0.965. The lowest BCUT2D eigenvalue weighted by atomic mass is 10.1. The number of nitrogens with zero attached hydrogens (tertiary/aromatic N) is 1. The third-order valence-corrected chi connectivity index (χ3v) is 3.34. The highest BCUT2D eigenvalue weighted by atomic mass is 16.5. The Kier molecular flexibility index (Phi) is 4.13. The predicted molar refractivity (Wildman–Crippen MR) is 66.8 cm³/mol. The molecule has 1 fully saturated rings. The first-order valence-electron chi connectivity index (χ1n) is 6.12. The Labute approximate surface area is 110 Å². The molecule has 1 saturated heterocycles. The number of benzene rings is 1. The Hall–Kier alpha value is -1.92. The van der Waals surface area contributed by atoms with Gasteiger partial charge in [-0.1, -0.05) is 12.1 Å². The number of rotatable bonds is 4. The van der Waals surface area contributed by atoms with Gasteiger partial charge in [0.05, 0.1) is 11.6 Å². The van der Waals surface area contributed by atoms with Gasteiger partial charge in [0.2, 0.25) is 0 Å². The van der Waals surface area contributed by atoms with E-state index in [1.54, 1.807) is 17.6 Å². The molecule has 1 aromatic carbocycles. The van der Waals surface area contributed by atoms with Crippen LogP contribution in [0, 0.1) is 0 Å². The standard InChI is InChI=1S/C13H16N2O4/c16-12(14-19)11-5-2-6-15(11)8-9-3-1-4-10(7-9)13(17)18/h1,3-4,7,11,19H,2,5-6,8H2,(H,14,16)(H,17,18)/t11-/m0/s1. The summed E-state index contributed by atoms with van der Waals surface area (Å²) in [6.45, 7) is 1.26. The maximum absolute atomic E-state index is 11.5. The van der Waals surface area contributed by atoms with Crippen LogP contribution in [-0.2, 0) is 11.3 Å². The van der Waals surface area contributed by atoms with Gasteiger partial charge in [-0.25, -0.2) is 10.3 Å². The van der Waals surface area contributed by atoms with Gasteiger partial charge in [0, 0.05) is 6.54 Å². The SMILES string of the molecule is O=C(O)c1cccc(CN2CCC[C@H]2C(=O)NO)c1. The summed E-state index contributed by atoms with van der Waals surface area (Å²) in [5.74, 6) is -1.38. The number of carbonyl (C=O) groups is 2. The molecule has 6 nitrogen and oxygen atoms in total. The van der Waals surface area contributed by atoms with Gasteiger partial charge in [0.25, 0.3) is 5.91 Å². The molecule has 3 N–H and O–H groups in total. The molecule has 1 amide bonds. The van der Waals surface area contributed by atoms with Crippen LogP contribution in [-0.4, -0.2) is 39.7 Å². The van der Waals surface area contributed by atoms with Crippen LogP contribution in [0.25, 0.3) is 0 Å². The summed E-state index contributed by atoms with van der Waals surface area (Å²) in [6.07, 6.45) is 1.59. The van der Waals surface area contributed by atoms with Crippen LogP contribution in [0.1, 0.15) is 28.8 Å². The van der Waals surface area contributed by atoms with Crippen LogP contribution in [0.5, 0.6) is 0 Å². The Morgan fingerprint density at radius 2 is 2.21 bits per heavy atom. The first-order valence-corrected chi connectivity index (χ1v) is 6.12. The van der Waals surface area contributed by atoms with Crippen molar-refractivity contribution in [2.45, 2.75) is 25.4 Å². The molecule has 6 heteroatoms. The number of amides is 1. The van der Waals surface area contributed by atoms with Gasteiger partial charge in [0.15, 0.2) is 0 Å². The van der Waals surface area contributed by atoms with E-state index in [2.05, 4.69) is 0 Å². The highest BCUT2D eigenvalue weighted by Crippen LogP contribution is 2.20. The molecule has 2 rings (SSSR count). The molecular formula is C13H16N2O4. The molecule has 19 heavy (non-hydrogen) atoms. The first-order chi connectivity index (χ1) is 9.11. The van der Waals surface area contributed by atoms with Crippen LogP contribution < -0.4 is 5.48 Å². The number of carboxylic acid groups (broad SMARTS) is 1. The molecule has 0 radical (unpaired) electrons. The normalized spacial score (nSPS) is 19.3. The van der Waals surface area contributed by atoms with Crippen molar-refractivity contribution >= 4 is 11.9 Å². The van der Waals surface area contributed by atoms with Crippen molar-refractivity contribution in [2.75, 3.05) is 6.54 Å². The van der Waals surface area contributed by atoms with Gasteiger partial charge in [0.1, 0.15) is 0 Å². The number of hydrogen-bond donors (Lipinski definition) is 3. The molecule has 1 heterocycles. The lowest BCUT2D eigenvalue weighted by molar-refractivity contribution is -0.134. The van der Waals surface area contributed by atoms with Crippen LogP contribution in [0.15, 0.2) is 24.3 Å².